The minimum absolute atomic E-state index is 0.102. The molecular formula is C28H54O5S. The predicted octanol–water partition coefficient (Wildman–Crippen LogP) is 7.44. The molecule has 0 amide bonds. The zero-order valence-electron chi connectivity index (χ0n) is 22.7. The van der Waals surface area contributed by atoms with Crippen molar-refractivity contribution in [1.82, 2.24) is 0 Å². The molecule has 0 aromatic rings. The monoisotopic (exact) mass is 502 g/mol. The summed E-state index contributed by atoms with van der Waals surface area (Å²) in [5, 5.41) is 7.00. The standard InChI is InChI=1S/C25H44O4S.C2H6.CH4O/c1-24-16-7-6-10-19(24)11-13-21-22-14-12-20(25(22,2)17-15-23(21)24)9-5-3-4-8-18-29-30(26,27)28;2*1-2/h19-23H,3-18H2,1-2H3,(H,26,27,28);1-2H3;2H,1H3. The fourth-order valence-corrected chi connectivity index (χ4v) is 9.22. The Balaban J connectivity index is 0.000000970. The first-order valence-electron chi connectivity index (χ1n) is 14.3. The number of hydrogen-bond acceptors (Lipinski definition) is 4. The molecule has 0 aromatic carbocycles. The summed E-state index contributed by atoms with van der Waals surface area (Å²) in [6.45, 7) is 9.42. The van der Waals surface area contributed by atoms with Crippen molar-refractivity contribution in [3.8, 4) is 0 Å². The smallest absolute Gasteiger partial charge is 0.397 e. The molecule has 34 heavy (non-hydrogen) atoms. The third-order valence-corrected chi connectivity index (χ3v) is 10.9. The molecule has 2 N–H and O–H groups in total. The van der Waals surface area contributed by atoms with E-state index in [4.69, 9.17) is 9.66 Å². The van der Waals surface area contributed by atoms with E-state index in [0.717, 1.165) is 49.5 Å². The van der Waals surface area contributed by atoms with E-state index >= 15 is 0 Å². The van der Waals surface area contributed by atoms with Crippen LogP contribution in [0.4, 0.5) is 0 Å². The Labute approximate surface area is 210 Å². The summed E-state index contributed by atoms with van der Waals surface area (Å²) in [4.78, 5) is 0. The van der Waals surface area contributed by atoms with Crippen LogP contribution in [0.25, 0.3) is 0 Å². The summed E-state index contributed by atoms with van der Waals surface area (Å²) in [7, 11) is -3.27. The van der Waals surface area contributed by atoms with E-state index in [1.165, 1.54) is 77.0 Å². The molecule has 4 aliphatic carbocycles. The van der Waals surface area contributed by atoms with Gasteiger partial charge in [0, 0.05) is 7.11 Å². The Bertz CT molecular complexity index is 695. The van der Waals surface area contributed by atoms with Crippen LogP contribution in [0.5, 0.6) is 0 Å². The number of rotatable bonds is 8. The molecular weight excluding hydrogens is 448 g/mol. The molecule has 202 valence electrons. The van der Waals surface area contributed by atoms with Gasteiger partial charge in [-0.2, -0.15) is 8.42 Å². The predicted molar refractivity (Wildman–Crippen MR) is 140 cm³/mol. The summed E-state index contributed by atoms with van der Waals surface area (Å²) in [6, 6.07) is 0. The number of unbranched alkanes of at least 4 members (excludes halogenated alkanes) is 3. The van der Waals surface area contributed by atoms with Gasteiger partial charge in [-0.05, 0) is 105 Å². The van der Waals surface area contributed by atoms with Crippen molar-refractivity contribution in [3.05, 3.63) is 0 Å². The molecule has 0 aromatic heterocycles. The van der Waals surface area contributed by atoms with E-state index < -0.39 is 10.4 Å². The van der Waals surface area contributed by atoms with Crippen LogP contribution in [0.1, 0.15) is 124 Å². The van der Waals surface area contributed by atoms with Crippen molar-refractivity contribution in [2.45, 2.75) is 124 Å². The Morgan fingerprint density at radius 2 is 1.47 bits per heavy atom. The van der Waals surface area contributed by atoms with Gasteiger partial charge in [0.15, 0.2) is 0 Å². The van der Waals surface area contributed by atoms with E-state index in [-0.39, 0.29) is 6.61 Å². The molecule has 6 heteroatoms. The molecule has 7 atom stereocenters. The maximum atomic E-state index is 10.6. The Kier molecular flexibility index (Phi) is 11.8. The van der Waals surface area contributed by atoms with Gasteiger partial charge in [-0.15, -0.1) is 0 Å². The molecule has 0 saturated heterocycles. The highest BCUT2D eigenvalue weighted by Crippen LogP contribution is 2.67. The van der Waals surface area contributed by atoms with Crippen LogP contribution in [0, 0.1) is 40.4 Å². The molecule has 5 nitrogen and oxygen atoms in total. The molecule has 4 fully saturated rings. The second-order valence-electron chi connectivity index (χ2n) is 11.7. The topological polar surface area (TPSA) is 83.8 Å². The molecule has 7 unspecified atom stereocenters. The van der Waals surface area contributed by atoms with Gasteiger partial charge in [0.05, 0.1) is 6.61 Å². The lowest BCUT2D eigenvalue weighted by atomic mass is 9.45. The molecule has 4 rings (SSSR count). The summed E-state index contributed by atoms with van der Waals surface area (Å²) in [6.07, 6.45) is 20.2. The van der Waals surface area contributed by atoms with Crippen molar-refractivity contribution in [2.75, 3.05) is 13.7 Å². The molecule has 0 aliphatic heterocycles. The second kappa shape index (κ2) is 13.4. The maximum Gasteiger partial charge on any atom is 0.397 e. The maximum absolute atomic E-state index is 10.6. The molecule has 4 saturated carbocycles. The molecule has 0 bridgehead atoms. The first-order valence-corrected chi connectivity index (χ1v) is 15.7. The molecule has 0 heterocycles. The van der Waals surface area contributed by atoms with Gasteiger partial charge in [0.1, 0.15) is 0 Å². The van der Waals surface area contributed by atoms with Crippen molar-refractivity contribution in [1.29, 1.82) is 0 Å². The fraction of sp³-hybridized carbons (Fsp3) is 1.00. The van der Waals surface area contributed by atoms with Crippen molar-refractivity contribution in [2.24, 2.45) is 40.4 Å². The van der Waals surface area contributed by atoms with Gasteiger partial charge < -0.3 is 5.11 Å². The minimum Gasteiger partial charge on any atom is -0.400 e. The normalized spacial score (nSPS) is 38.9. The van der Waals surface area contributed by atoms with Crippen molar-refractivity contribution < 1.29 is 22.3 Å². The summed E-state index contributed by atoms with van der Waals surface area (Å²) in [5.41, 5.74) is 1.21. The van der Waals surface area contributed by atoms with E-state index in [0.29, 0.717) is 17.3 Å². The average molecular weight is 503 g/mol. The van der Waals surface area contributed by atoms with Gasteiger partial charge in [-0.25, -0.2) is 4.18 Å². The quantitative estimate of drug-likeness (QED) is 0.266. The minimum atomic E-state index is -4.27. The largest absolute Gasteiger partial charge is 0.400 e. The van der Waals surface area contributed by atoms with E-state index in [9.17, 15) is 8.42 Å². The van der Waals surface area contributed by atoms with Crippen LogP contribution < -0.4 is 0 Å². The summed E-state index contributed by atoms with van der Waals surface area (Å²) in [5.74, 6) is 4.85. The number of aliphatic hydroxyl groups excluding tert-OH is 1. The van der Waals surface area contributed by atoms with Crippen LogP contribution in [-0.4, -0.2) is 31.8 Å². The first kappa shape index (κ1) is 30.1. The second-order valence-corrected chi connectivity index (χ2v) is 12.8. The lowest BCUT2D eigenvalue weighted by Gasteiger charge is -2.60. The van der Waals surface area contributed by atoms with Crippen LogP contribution in [0.2, 0.25) is 0 Å². The highest BCUT2D eigenvalue weighted by atomic mass is 32.3. The van der Waals surface area contributed by atoms with Crippen molar-refractivity contribution >= 4 is 10.4 Å². The first-order chi connectivity index (χ1) is 16.2. The van der Waals surface area contributed by atoms with Gasteiger partial charge in [0.2, 0.25) is 0 Å². The van der Waals surface area contributed by atoms with Gasteiger partial charge in [0.25, 0.3) is 0 Å². The number of hydrogen-bond donors (Lipinski definition) is 2. The molecule has 4 aliphatic rings. The zero-order chi connectivity index (χ0) is 25.4. The van der Waals surface area contributed by atoms with Crippen LogP contribution in [-0.2, 0) is 14.6 Å². The van der Waals surface area contributed by atoms with Crippen LogP contribution in [0.3, 0.4) is 0 Å². The van der Waals surface area contributed by atoms with E-state index in [1.807, 2.05) is 13.8 Å². The van der Waals surface area contributed by atoms with Gasteiger partial charge >= 0.3 is 10.4 Å². The average Bonchev–Trinajstić information content (AvgIpc) is 3.16. The highest BCUT2D eigenvalue weighted by molar-refractivity contribution is 7.80. The van der Waals surface area contributed by atoms with Gasteiger partial charge in [-0.1, -0.05) is 59.8 Å². The van der Waals surface area contributed by atoms with E-state index in [2.05, 4.69) is 18.0 Å². The Morgan fingerprint density at radius 1 is 0.794 bits per heavy atom. The lowest BCUT2D eigenvalue weighted by molar-refractivity contribution is -0.111. The summed E-state index contributed by atoms with van der Waals surface area (Å²) >= 11 is 0. The number of aliphatic hydroxyl groups is 1. The van der Waals surface area contributed by atoms with Crippen molar-refractivity contribution in [3.63, 3.8) is 0 Å². The van der Waals surface area contributed by atoms with Gasteiger partial charge in [-0.3, -0.25) is 4.55 Å². The van der Waals surface area contributed by atoms with E-state index in [1.54, 1.807) is 0 Å². The zero-order valence-corrected chi connectivity index (χ0v) is 23.5. The Morgan fingerprint density at radius 3 is 2.18 bits per heavy atom. The van der Waals surface area contributed by atoms with Crippen LogP contribution in [0.15, 0.2) is 0 Å². The highest BCUT2D eigenvalue weighted by Gasteiger charge is 2.59. The SMILES string of the molecule is CC.CC12CCCCC1CCC1C2CCC2(C)C(CCCCCCOS(=O)(=O)O)CCC12.CO. The van der Waals surface area contributed by atoms with Crippen LogP contribution >= 0.6 is 0 Å². The lowest BCUT2D eigenvalue weighted by Crippen LogP contribution is -2.52. The summed E-state index contributed by atoms with van der Waals surface area (Å²) < 4.78 is 34.2. The fourth-order valence-electron chi connectivity index (χ4n) is 8.89. The number of fused-ring (bicyclic) bond motifs is 5. The Hall–Kier alpha value is -0.170. The third kappa shape index (κ3) is 6.77. The third-order valence-electron chi connectivity index (χ3n) is 10.5. The molecule has 0 spiro atoms. The molecule has 0 radical (unpaired) electrons.